The van der Waals surface area contributed by atoms with Gasteiger partial charge in [0, 0.05) is 16.6 Å². The van der Waals surface area contributed by atoms with Gasteiger partial charge < -0.3 is 10.1 Å². The van der Waals surface area contributed by atoms with Crippen LogP contribution in [-0.2, 0) is 4.74 Å². The number of ether oxygens (including phenoxy) is 1. The molecule has 0 aliphatic carbocycles. The second kappa shape index (κ2) is 7.12. The molecule has 0 fully saturated rings. The van der Waals surface area contributed by atoms with Crippen LogP contribution in [0.3, 0.4) is 0 Å². The lowest BCUT2D eigenvalue weighted by molar-refractivity contribution is -0.173. The summed E-state index contributed by atoms with van der Waals surface area (Å²) in [6.45, 7) is -1.55. The fourth-order valence-electron chi connectivity index (χ4n) is 1.16. The van der Waals surface area contributed by atoms with Crippen LogP contribution in [0.2, 0.25) is 5.02 Å². The monoisotopic (exact) mass is 359 g/mol. The van der Waals surface area contributed by atoms with Crippen LogP contribution >= 0.6 is 27.5 Å². The highest BCUT2D eigenvalue weighted by Crippen LogP contribution is 2.23. The number of amides is 1. The average molecular weight is 361 g/mol. The minimum Gasteiger partial charge on any atom is -0.370 e. The van der Waals surface area contributed by atoms with E-state index in [4.69, 9.17) is 11.6 Å². The molecule has 0 aliphatic rings. The maximum Gasteiger partial charge on any atom is 0.411 e. The molecule has 0 saturated heterocycles. The molecular formula is C11H10BrClF3NO2. The molecule has 1 aromatic carbocycles. The molecule has 0 aliphatic heterocycles. The van der Waals surface area contributed by atoms with Crippen molar-refractivity contribution < 1.29 is 22.7 Å². The summed E-state index contributed by atoms with van der Waals surface area (Å²) in [5.41, 5.74) is 0.323. The molecule has 0 saturated carbocycles. The zero-order valence-corrected chi connectivity index (χ0v) is 11.9. The molecule has 0 bridgehead atoms. The number of alkyl halides is 3. The second-order valence-electron chi connectivity index (χ2n) is 3.55. The molecule has 8 heteroatoms. The molecule has 1 amide bonds. The van der Waals surface area contributed by atoms with Crippen molar-refractivity contribution in [1.29, 1.82) is 0 Å². The lowest BCUT2D eigenvalue weighted by atomic mass is 10.2. The van der Waals surface area contributed by atoms with E-state index in [9.17, 15) is 18.0 Å². The molecule has 0 unspecified atom stereocenters. The average Bonchev–Trinajstić information content (AvgIpc) is 2.30. The van der Waals surface area contributed by atoms with Crippen LogP contribution in [0.1, 0.15) is 10.4 Å². The van der Waals surface area contributed by atoms with Crippen molar-refractivity contribution in [2.24, 2.45) is 0 Å². The van der Waals surface area contributed by atoms with Crippen LogP contribution < -0.4 is 5.32 Å². The summed E-state index contributed by atoms with van der Waals surface area (Å²) in [6.07, 6.45) is -4.36. The van der Waals surface area contributed by atoms with Gasteiger partial charge >= 0.3 is 6.18 Å². The highest BCUT2D eigenvalue weighted by atomic mass is 79.9. The van der Waals surface area contributed by atoms with E-state index in [1.54, 1.807) is 12.1 Å². The number of carbonyl (C=O) groups excluding carboxylic acids is 1. The van der Waals surface area contributed by atoms with Crippen molar-refractivity contribution in [2.75, 3.05) is 19.8 Å². The van der Waals surface area contributed by atoms with E-state index in [1.807, 2.05) is 0 Å². The van der Waals surface area contributed by atoms with Gasteiger partial charge in [0.1, 0.15) is 6.61 Å². The van der Waals surface area contributed by atoms with E-state index in [0.717, 1.165) is 0 Å². The highest BCUT2D eigenvalue weighted by molar-refractivity contribution is 9.10. The molecule has 19 heavy (non-hydrogen) atoms. The molecule has 3 nitrogen and oxygen atoms in total. The lowest BCUT2D eigenvalue weighted by Gasteiger charge is -2.09. The number of carbonyl (C=O) groups is 1. The summed E-state index contributed by atoms with van der Waals surface area (Å²) >= 11 is 9.00. The Morgan fingerprint density at radius 2 is 2.11 bits per heavy atom. The number of nitrogens with one attached hydrogen (secondary N) is 1. The lowest BCUT2D eigenvalue weighted by Crippen LogP contribution is -2.28. The largest absolute Gasteiger partial charge is 0.411 e. The highest BCUT2D eigenvalue weighted by Gasteiger charge is 2.27. The van der Waals surface area contributed by atoms with E-state index in [0.29, 0.717) is 15.1 Å². The van der Waals surface area contributed by atoms with Crippen LogP contribution in [-0.4, -0.2) is 31.8 Å². The van der Waals surface area contributed by atoms with E-state index in [1.165, 1.54) is 6.07 Å². The van der Waals surface area contributed by atoms with Gasteiger partial charge in [0.15, 0.2) is 0 Å². The van der Waals surface area contributed by atoms with Crippen LogP contribution in [0, 0.1) is 0 Å². The molecule has 1 rings (SSSR count). The fraction of sp³-hybridized carbons (Fsp3) is 0.364. The number of hydrogen-bond acceptors (Lipinski definition) is 2. The van der Waals surface area contributed by atoms with Crippen LogP contribution in [0.25, 0.3) is 0 Å². The third-order valence-electron chi connectivity index (χ3n) is 1.98. The molecule has 0 aromatic heterocycles. The van der Waals surface area contributed by atoms with Gasteiger partial charge in [-0.05, 0) is 34.1 Å². The van der Waals surface area contributed by atoms with Gasteiger partial charge in [0.05, 0.1) is 11.6 Å². The van der Waals surface area contributed by atoms with Crippen LogP contribution in [0.15, 0.2) is 22.7 Å². The maximum absolute atomic E-state index is 11.8. The van der Waals surface area contributed by atoms with Crippen molar-refractivity contribution >= 4 is 33.4 Å². The van der Waals surface area contributed by atoms with E-state index in [-0.39, 0.29) is 13.2 Å². The summed E-state index contributed by atoms with van der Waals surface area (Å²) in [5, 5.41) is 2.80. The molecule has 106 valence electrons. The first kappa shape index (κ1) is 16.3. The smallest absolute Gasteiger partial charge is 0.370 e. The van der Waals surface area contributed by atoms with Crippen LogP contribution in [0.5, 0.6) is 0 Å². The molecule has 1 N–H and O–H groups in total. The summed E-state index contributed by atoms with van der Waals surface area (Å²) in [6, 6.07) is 4.61. The number of hydrogen-bond donors (Lipinski definition) is 1. The Balaban J connectivity index is 2.33. The van der Waals surface area contributed by atoms with Gasteiger partial charge in [-0.2, -0.15) is 13.2 Å². The summed E-state index contributed by atoms with van der Waals surface area (Å²) in [5.74, 6) is -0.426. The zero-order valence-electron chi connectivity index (χ0n) is 9.56. The second-order valence-corrected chi connectivity index (χ2v) is 4.81. The van der Waals surface area contributed by atoms with Gasteiger partial charge in [-0.3, -0.25) is 4.79 Å². The normalized spacial score (nSPS) is 11.4. The maximum atomic E-state index is 11.8. The number of rotatable bonds is 5. The van der Waals surface area contributed by atoms with Gasteiger partial charge in [-0.15, -0.1) is 0 Å². The third kappa shape index (κ3) is 6.26. The predicted molar refractivity (Wildman–Crippen MR) is 68.4 cm³/mol. The zero-order chi connectivity index (χ0) is 14.5. The van der Waals surface area contributed by atoms with Crippen LogP contribution in [0.4, 0.5) is 13.2 Å². The van der Waals surface area contributed by atoms with Gasteiger partial charge in [0.25, 0.3) is 5.91 Å². The standard InChI is InChI=1S/C11H10BrClF3NO2/c12-8-2-1-7(5-9(8)13)10(18)17-3-4-19-6-11(14,15)16/h1-2,5H,3-4,6H2,(H,17,18). The summed E-state index contributed by atoms with van der Waals surface area (Å²) in [7, 11) is 0. The molecule has 1 aromatic rings. The quantitative estimate of drug-likeness (QED) is 0.817. The Labute approximate surface area is 121 Å². The molecule has 0 heterocycles. The molecule has 0 atom stereocenters. The van der Waals surface area contributed by atoms with Crippen molar-refractivity contribution in [1.82, 2.24) is 5.32 Å². The molecule has 0 radical (unpaired) electrons. The summed E-state index contributed by atoms with van der Waals surface area (Å²) in [4.78, 5) is 11.6. The third-order valence-corrected chi connectivity index (χ3v) is 3.21. The fourth-order valence-corrected chi connectivity index (χ4v) is 1.59. The topological polar surface area (TPSA) is 38.3 Å². The first-order valence-corrected chi connectivity index (χ1v) is 6.34. The number of halogens is 5. The van der Waals surface area contributed by atoms with Gasteiger partial charge in [-0.25, -0.2) is 0 Å². The Morgan fingerprint density at radius 3 is 2.68 bits per heavy atom. The van der Waals surface area contributed by atoms with Gasteiger partial charge in [-0.1, -0.05) is 11.6 Å². The van der Waals surface area contributed by atoms with Crippen molar-refractivity contribution in [2.45, 2.75) is 6.18 Å². The Morgan fingerprint density at radius 1 is 1.42 bits per heavy atom. The molecular weight excluding hydrogens is 350 g/mol. The van der Waals surface area contributed by atoms with E-state index in [2.05, 4.69) is 26.0 Å². The van der Waals surface area contributed by atoms with E-state index < -0.39 is 18.7 Å². The van der Waals surface area contributed by atoms with Crippen molar-refractivity contribution in [3.05, 3.63) is 33.3 Å². The number of benzene rings is 1. The van der Waals surface area contributed by atoms with Crippen molar-refractivity contribution in [3.63, 3.8) is 0 Å². The van der Waals surface area contributed by atoms with E-state index >= 15 is 0 Å². The first-order chi connectivity index (χ1) is 8.79. The molecule has 0 spiro atoms. The Hall–Kier alpha value is -0.790. The van der Waals surface area contributed by atoms with Gasteiger partial charge in [0.2, 0.25) is 0 Å². The Bertz CT molecular complexity index is 454. The minimum atomic E-state index is -4.36. The minimum absolute atomic E-state index is 0.0113. The first-order valence-electron chi connectivity index (χ1n) is 5.17. The summed E-state index contributed by atoms with van der Waals surface area (Å²) < 4.78 is 40.3. The van der Waals surface area contributed by atoms with Crippen molar-refractivity contribution in [3.8, 4) is 0 Å². The predicted octanol–water partition coefficient (Wildman–Crippen LogP) is 3.41. The SMILES string of the molecule is O=C(NCCOCC(F)(F)F)c1ccc(Br)c(Cl)c1. The Kier molecular flexibility index (Phi) is 6.09.